The number of thiocarbonyl (C=S) groups is 1. The zero-order valence-corrected chi connectivity index (χ0v) is 18.7. The van der Waals surface area contributed by atoms with Crippen LogP contribution in [-0.2, 0) is 0 Å². The Labute approximate surface area is 188 Å². The topological polar surface area (TPSA) is 33.1 Å². The van der Waals surface area contributed by atoms with Crippen molar-refractivity contribution in [2.75, 3.05) is 0 Å². The number of hydrogen-bond donors (Lipinski definition) is 1. The molecule has 0 spiro atoms. The number of nitrogens with zero attached hydrogens (tertiary/aromatic N) is 3. The molecule has 1 aliphatic carbocycles. The SMILES string of the molecule is Cc1cc([C@@H]2[C@@H](c3ccccn3)NC(=S)N2C2CCCC2)c(C)n1-c1cccc(F)c1. The van der Waals surface area contributed by atoms with Crippen molar-refractivity contribution in [3.63, 3.8) is 0 Å². The molecule has 0 unspecified atom stereocenters. The molecule has 1 saturated carbocycles. The quantitative estimate of drug-likeness (QED) is 0.546. The molecular formula is C25H27FN4S. The fourth-order valence-corrected chi connectivity index (χ4v) is 5.76. The number of hydrogen-bond acceptors (Lipinski definition) is 2. The molecule has 0 amide bonds. The fourth-order valence-electron chi connectivity index (χ4n) is 5.37. The predicted molar refractivity (Wildman–Crippen MR) is 125 cm³/mol. The van der Waals surface area contributed by atoms with Crippen LogP contribution in [0.25, 0.3) is 5.69 Å². The molecule has 31 heavy (non-hydrogen) atoms. The van der Waals surface area contributed by atoms with Crippen molar-refractivity contribution in [1.82, 2.24) is 19.8 Å². The van der Waals surface area contributed by atoms with Crippen molar-refractivity contribution in [2.24, 2.45) is 0 Å². The lowest BCUT2D eigenvalue weighted by molar-refractivity contribution is 0.245. The molecule has 1 saturated heterocycles. The minimum Gasteiger partial charge on any atom is -0.352 e. The number of aryl methyl sites for hydroxylation is 1. The van der Waals surface area contributed by atoms with Gasteiger partial charge in [-0.15, -0.1) is 0 Å². The van der Waals surface area contributed by atoms with E-state index in [9.17, 15) is 4.39 Å². The van der Waals surface area contributed by atoms with Crippen LogP contribution in [0, 0.1) is 19.7 Å². The Balaban J connectivity index is 1.64. The number of benzene rings is 1. The van der Waals surface area contributed by atoms with E-state index in [1.54, 1.807) is 12.1 Å². The van der Waals surface area contributed by atoms with Gasteiger partial charge in [-0.2, -0.15) is 0 Å². The maximum atomic E-state index is 14.0. The van der Waals surface area contributed by atoms with Crippen LogP contribution in [-0.4, -0.2) is 25.6 Å². The van der Waals surface area contributed by atoms with Crippen LogP contribution < -0.4 is 5.32 Å². The van der Waals surface area contributed by atoms with Crippen molar-refractivity contribution in [1.29, 1.82) is 0 Å². The highest BCUT2D eigenvalue weighted by Gasteiger charge is 2.44. The van der Waals surface area contributed by atoms with Crippen LogP contribution in [0.15, 0.2) is 54.7 Å². The van der Waals surface area contributed by atoms with Crippen molar-refractivity contribution in [3.8, 4) is 5.69 Å². The maximum absolute atomic E-state index is 14.0. The van der Waals surface area contributed by atoms with Crippen LogP contribution in [0.1, 0.15) is 60.4 Å². The van der Waals surface area contributed by atoms with E-state index in [4.69, 9.17) is 12.2 Å². The van der Waals surface area contributed by atoms with Gasteiger partial charge >= 0.3 is 0 Å². The molecule has 3 aromatic rings. The molecule has 5 rings (SSSR count). The maximum Gasteiger partial charge on any atom is 0.170 e. The molecule has 2 fully saturated rings. The second kappa shape index (κ2) is 8.08. The van der Waals surface area contributed by atoms with E-state index in [2.05, 4.69) is 45.7 Å². The molecule has 3 heterocycles. The van der Waals surface area contributed by atoms with Crippen molar-refractivity contribution in [2.45, 2.75) is 57.7 Å². The number of aromatic nitrogens is 2. The minimum atomic E-state index is -0.228. The van der Waals surface area contributed by atoms with Crippen LogP contribution in [0.5, 0.6) is 0 Å². The normalized spacial score (nSPS) is 21.6. The summed E-state index contributed by atoms with van der Waals surface area (Å²) in [4.78, 5) is 7.07. The third kappa shape index (κ3) is 3.53. The number of pyridine rings is 1. The van der Waals surface area contributed by atoms with Gasteiger partial charge in [0, 0.05) is 29.3 Å². The molecule has 4 nitrogen and oxygen atoms in total. The molecule has 0 bridgehead atoms. The minimum absolute atomic E-state index is 0.0178. The fraction of sp³-hybridized carbons (Fsp3) is 0.360. The lowest BCUT2D eigenvalue weighted by Gasteiger charge is -2.33. The Morgan fingerprint density at radius 1 is 1.06 bits per heavy atom. The predicted octanol–water partition coefficient (Wildman–Crippen LogP) is 5.54. The third-order valence-corrected chi connectivity index (χ3v) is 7.04. The average Bonchev–Trinajstić information content (AvgIpc) is 3.46. The number of nitrogens with one attached hydrogen (secondary N) is 1. The molecule has 6 heteroatoms. The molecule has 2 aliphatic rings. The van der Waals surface area contributed by atoms with Crippen LogP contribution in [0.3, 0.4) is 0 Å². The summed E-state index contributed by atoms with van der Waals surface area (Å²) in [6, 6.07) is 15.5. The summed E-state index contributed by atoms with van der Waals surface area (Å²) in [5.74, 6) is -0.228. The molecule has 2 aromatic heterocycles. The highest BCUT2D eigenvalue weighted by molar-refractivity contribution is 7.80. The average molecular weight is 435 g/mol. The first-order valence-corrected chi connectivity index (χ1v) is 11.4. The molecular weight excluding hydrogens is 407 g/mol. The zero-order valence-electron chi connectivity index (χ0n) is 17.9. The summed E-state index contributed by atoms with van der Waals surface area (Å²) in [5, 5.41) is 4.38. The highest BCUT2D eigenvalue weighted by Crippen LogP contribution is 2.44. The second-order valence-electron chi connectivity index (χ2n) is 8.61. The Morgan fingerprint density at radius 3 is 2.58 bits per heavy atom. The summed E-state index contributed by atoms with van der Waals surface area (Å²) < 4.78 is 16.1. The van der Waals surface area contributed by atoms with Crippen molar-refractivity contribution < 1.29 is 4.39 Å². The van der Waals surface area contributed by atoms with E-state index in [0.29, 0.717) is 6.04 Å². The molecule has 0 radical (unpaired) electrons. The molecule has 1 aromatic carbocycles. The number of halogens is 1. The summed E-state index contributed by atoms with van der Waals surface area (Å²) in [7, 11) is 0. The summed E-state index contributed by atoms with van der Waals surface area (Å²) >= 11 is 5.86. The van der Waals surface area contributed by atoms with Gasteiger partial charge in [0.2, 0.25) is 0 Å². The van der Waals surface area contributed by atoms with E-state index in [0.717, 1.165) is 40.7 Å². The largest absolute Gasteiger partial charge is 0.352 e. The third-order valence-electron chi connectivity index (χ3n) is 6.71. The van der Waals surface area contributed by atoms with Gasteiger partial charge in [0.25, 0.3) is 0 Å². The van der Waals surface area contributed by atoms with E-state index in [-0.39, 0.29) is 17.9 Å². The second-order valence-corrected chi connectivity index (χ2v) is 9.00. The summed E-state index contributed by atoms with van der Waals surface area (Å²) in [5.41, 5.74) is 5.25. The molecule has 1 aliphatic heterocycles. The van der Waals surface area contributed by atoms with Crippen molar-refractivity contribution in [3.05, 3.63) is 83.2 Å². The van der Waals surface area contributed by atoms with Crippen LogP contribution in [0.2, 0.25) is 0 Å². The Bertz CT molecular complexity index is 1100. The zero-order chi connectivity index (χ0) is 21.5. The Kier molecular flexibility index (Phi) is 5.26. The van der Waals surface area contributed by atoms with E-state index in [1.807, 2.05) is 24.4 Å². The van der Waals surface area contributed by atoms with Gasteiger partial charge in [0.1, 0.15) is 5.82 Å². The van der Waals surface area contributed by atoms with Gasteiger partial charge in [-0.1, -0.05) is 25.0 Å². The van der Waals surface area contributed by atoms with Gasteiger partial charge in [0.05, 0.1) is 17.8 Å². The first-order valence-electron chi connectivity index (χ1n) is 11.0. The molecule has 1 N–H and O–H groups in total. The lowest BCUT2D eigenvalue weighted by atomic mass is 9.95. The van der Waals surface area contributed by atoms with E-state index in [1.165, 1.54) is 24.5 Å². The molecule has 2 atom stereocenters. The van der Waals surface area contributed by atoms with Crippen LogP contribution >= 0.6 is 12.2 Å². The van der Waals surface area contributed by atoms with E-state index < -0.39 is 0 Å². The van der Waals surface area contributed by atoms with Gasteiger partial charge in [-0.25, -0.2) is 4.39 Å². The van der Waals surface area contributed by atoms with Crippen LogP contribution in [0.4, 0.5) is 4.39 Å². The smallest absolute Gasteiger partial charge is 0.170 e. The van der Waals surface area contributed by atoms with Gasteiger partial charge in [-0.3, -0.25) is 4.98 Å². The Morgan fingerprint density at radius 2 is 1.87 bits per heavy atom. The lowest BCUT2D eigenvalue weighted by Crippen LogP contribution is -2.37. The number of rotatable bonds is 4. The van der Waals surface area contributed by atoms with E-state index >= 15 is 0 Å². The summed E-state index contributed by atoms with van der Waals surface area (Å²) in [6.07, 6.45) is 6.65. The highest BCUT2D eigenvalue weighted by atomic mass is 32.1. The van der Waals surface area contributed by atoms with Gasteiger partial charge in [-0.05, 0) is 80.9 Å². The Hall–Kier alpha value is -2.73. The first kappa shape index (κ1) is 20.2. The monoisotopic (exact) mass is 434 g/mol. The van der Waals surface area contributed by atoms with Gasteiger partial charge in [0.15, 0.2) is 5.11 Å². The molecule has 160 valence electrons. The van der Waals surface area contributed by atoms with Crippen molar-refractivity contribution >= 4 is 17.3 Å². The first-order chi connectivity index (χ1) is 15.0. The van der Waals surface area contributed by atoms with Gasteiger partial charge < -0.3 is 14.8 Å². The standard InChI is InChI=1S/C25H27FN4S/c1-16-14-21(17(2)29(16)20-11-7-8-18(26)15-20)24-23(22-12-5-6-13-27-22)28-25(31)30(24)19-9-3-4-10-19/h5-8,11-15,19,23-24H,3-4,9-10H2,1-2H3,(H,28,31)/t23-,24-/m1/s1. The summed E-state index contributed by atoms with van der Waals surface area (Å²) in [6.45, 7) is 4.20.